The van der Waals surface area contributed by atoms with Crippen LogP contribution in [0, 0.1) is 0 Å². The monoisotopic (exact) mass is 330 g/mol. The lowest BCUT2D eigenvalue weighted by Crippen LogP contribution is -2.64. The van der Waals surface area contributed by atoms with Crippen LogP contribution >= 0.6 is 0 Å². The molecule has 1 atom stereocenters. The molecule has 1 unspecified atom stereocenters. The van der Waals surface area contributed by atoms with Crippen molar-refractivity contribution >= 4 is 17.5 Å². The number of amides is 2. The molecule has 0 radical (unpaired) electrons. The molecule has 1 aromatic carbocycles. The normalized spacial score (nSPS) is 25.1. The van der Waals surface area contributed by atoms with Gasteiger partial charge in [-0.05, 0) is 39.7 Å². The Morgan fingerprint density at radius 1 is 1.21 bits per heavy atom. The van der Waals surface area contributed by atoms with Gasteiger partial charge in [0.2, 0.25) is 11.8 Å². The highest BCUT2D eigenvalue weighted by Gasteiger charge is 2.48. The Morgan fingerprint density at radius 3 is 2.58 bits per heavy atom. The second-order valence-corrected chi connectivity index (χ2v) is 7.20. The zero-order chi connectivity index (χ0) is 17.3. The highest BCUT2D eigenvalue weighted by atomic mass is 16.2. The van der Waals surface area contributed by atoms with Crippen molar-refractivity contribution in [3.8, 4) is 0 Å². The molecule has 0 bridgehead atoms. The van der Waals surface area contributed by atoms with E-state index in [1.165, 1.54) is 0 Å². The van der Waals surface area contributed by atoms with Gasteiger partial charge in [0.25, 0.3) is 0 Å². The van der Waals surface area contributed by atoms with Crippen molar-refractivity contribution in [3.63, 3.8) is 0 Å². The topological polar surface area (TPSA) is 47.1 Å². The van der Waals surface area contributed by atoms with E-state index in [2.05, 4.69) is 4.90 Å². The Kier molecular flexibility index (Phi) is 4.60. The van der Waals surface area contributed by atoms with E-state index in [1.807, 2.05) is 66.2 Å². The summed E-state index contributed by atoms with van der Waals surface area (Å²) in [5, 5.41) is 0. The summed E-state index contributed by atoms with van der Waals surface area (Å²) in [6, 6.07) is 9.81. The van der Waals surface area contributed by atoms with Crippen molar-refractivity contribution in [2.75, 3.05) is 58.8 Å². The van der Waals surface area contributed by atoms with Crippen molar-refractivity contribution in [2.24, 2.45) is 0 Å². The second kappa shape index (κ2) is 6.53. The molecule has 0 aromatic heterocycles. The first kappa shape index (κ1) is 16.9. The van der Waals surface area contributed by atoms with Gasteiger partial charge in [-0.3, -0.25) is 14.5 Å². The first-order valence-electron chi connectivity index (χ1n) is 8.40. The van der Waals surface area contributed by atoms with E-state index in [1.54, 1.807) is 0 Å². The van der Waals surface area contributed by atoms with Gasteiger partial charge in [-0.2, -0.15) is 0 Å². The van der Waals surface area contributed by atoms with Gasteiger partial charge >= 0.3 is 0 Å². The highest BCUT2D eigenvalue weighted by molar-refractivity contribution is 5.96. The molecule has 0 aliphatic carbocycles. The Balaban J connectivity index is 1.77. The number of benzene rings is 1. The quantitative estimate of drug-likeness (QED) is 0.810. The molecule has 2 fully saturated rings. The van der Waals surface area contributed by atoms with Gasteiger partial charge in [-0.15, -0.1) is 0 Å². The maximum atomic E-state index is 12.5. The molecule has 1 spiro atoms. The van der Waals surface area contributed by atoms with Gasteiger partial charge < -0.3 is 14.7 Å². The number of anilines is 1. The van der Waals surface area contributed by atoms with E-state index in [9.17, 15) is 9.59 Å². The molecular formula is C18H26N4O2. The third-order valence-corrected chi connectivity index (χ3v) is 5.14. The number of hydrogen-bond acceptors (Lipinski definition) is 4. The molecule has 2 heterocycles. The van der Waals surface area contributed by atoms with Crippen LogP contribution in [-0.4, -0.2) is 85.9 Å². The summed E-state index contributed by atoms with van der Waals surface area (Å²) in [6.07, 6.45) is 0.902. The Bertz CT molecular complexity index is 619. The maximum absolute atomic E-state index is 12.5. The SMILES string of the molecule is CN(C)CC(=O)N1CCC2(C1)CN(c1ccccc1)C(=O)CN2C. The molecule has 0 saturated carbocycles. The lowest BCUT2D eigenvalue weighted by atomic mass is 9.92. The minimum atomic E-state index is -0.147. The van der Waals surface area contributed by atoms with Crippen LogP contribution in [0.3, 0.4) is 0 Å². The van der Waals surface area contributed by atoms with Crippen LogP contribution in [0.5, 0.6) is 0 Å². The predicted octanol–water partition coefficient (Wildman–Crippen LogP) is 0.498. The zero-order valence-corrected chi connectivity index (χ0v) is 14.7. The average molecular weight is 330 g/mol. The number of para-hydroxylation sites is 1. The summed E-state index contributed by atoms with van der Waals surface area (Å²) in [5.74, 6) is 0.279. The lowest BCUT2D eigenvalue weighted by molar-refractivity contribution is -0.131. The first-order chi connectivity index (χ1) is 11.4. The largest absolute Gasteiger partial charge is 0.340 e. The summed E-state index contributed by atoms with van der Waals surface area (Å²) in [7, 11) is 5.82. The van der Waals surface area contributed by atoms with Crippen LogP contribution in [0.15, 0.2) is 30.3 Å². The van der Waals surface area contributed by atoms with Gasteiger partial charge in [0.1, 0.15) is 0 Å². The lowest BCUT2D eigenvalue weighted by Gasteiger charge is -2.46. The van der Waals surface area contributed by atoms with E-state index in [-0.39, 0.29) is 17.4 Å². The molecular weight excluding hydrogens is 304 g/mol. The fraction of sp³-hybridized carbons (Fsp3) is 0.556. The predicted molar refractivity (Wildman–Crippen MR) is 93.9 cm³/mol. The summed E-state index contributed by atoms with van der Waals surface area (Å²) in [4.78, 5) is 32.7. The number of nitrogens with zero attached hydrogens (tertiary/aromatic N) is 4. The number of likely N-dealkylation sites (N-methyl/N-ethyl adjacent to an activating group) is 2. The first-order valence-corrected chi connectivity index (χ1v) is 8.40. The van der Waals surface area contributed by atoms with Crippen LogP contribution < -0.4 is 4.90 Å². The van der Waals surface area contributed by atoms with Crippen molar-refractivity contribution in [1.82, 2.24) is 14.7 Å². The number of hydrogen-bond donors (Lipinski definition) is 0. The summed E-state index contributed by atoms with van der Waals surface area (Å²) >= 11 is 0. The van der Waals surface area contributed by atoms with Gasteiger partial charge in [0.05, 0.1) is 18.6 Å². The van der Waals surface area contributed by atoms with Crippen LogP contribution in [0.4, 0.5) is 5.69 Å². The summed E-state index contributed by atoms with van der Waals surface area (Å²) in [6.45, 7) is 2.91. The fourth-order valence-corrected chi connectivity index (χ4v) is 3.68. The van der Waals surface area contributed by atoms with Crippen molar-refractivity contribution in [3.05, 3.63) is 30.3 Å². The minimum absolute atomic E-state index is 0.118. The summed E-state index contributed by atoms with van der Waals surface area (Å²) in [5.41, 5.74) is 0.791. The maximum Gasteiger partial charge on any atom is 0.241 e. The molecule has 2 saturated heterocycles. The van der Waals surface area contributed by atoms with Crippen LogP contribution in [0.25, 0.3) is 0 Å². The van der Waals surface area contributed by atoms with Crippen molar-refractivity contribution < 1.29 is 9.59 Å². The number of carbonyl (C=O) groups excluding carboxylic acids is 2. The number of piperazine rings is 1. The van der Waals surface area contributed by atoms with Gasteiger partial charge in [-0.1, -0.05) is 18.2 Å². The van der Waals surface area contributed by atoms with Crippen LogP contribution in [0.2, 0.25) is 0 Å². The number of likely N-dealkylation sites (tertiary alicyclic amines) is 1. The summed E-state index contributed by atoms with van der Waals surface area (Å²) < 4.78 is 0. The van der Waals surface area contributed by atoms with Crippen LogP contribution in [-0.2, 0) is 9.59 Å². The number of rotatable bonds is 3. The molecule has 24 heavy (non-hydrogen) atoms. The molecule has 2 amide bonds. The molecule has 0 N–H and O–H groups in total. The van der Waals surface area contributed by atoms with E-state index < -0.39 is 0 Å². The smallest absolute Gasteiger partial charge is 0.241 e. The molecule has 6 heteroatoms. The van der Waals surface area contributed by atoms with Crippen molar-refractivity contribution in [2.45, 2.75) is 12.0 Å². The Labute approximate surface area is 143 Å². The molecule has 1 aromatic rings. The molecule has 2 aliphatic heterocycles. The third kappa shape index (κ3) is 3.16. The average Bonchev–Trinajstić information content (AvgIpc) is 2.97. The van der Waals surface area contributed by atoms with Crippen molar-refractivity contribution in [1.29, 1.82) is 0 Å². The van der Waals surface area contributed by atoms with E-state index in [4.69, 9.17) is 0 Å². The van der Waals surface area contributed by atoms with Gasteiger partial charge in [-0.25, -0.2) is 0 Å². The second-order valence-electron chi connectivity index (χ2n) is 7.20. The Hall–Kier alpha value is -1.92. The fourth-order valence-electron chi connectivity index (χ4n) is 3.68. The van der Waals surface area contributed by atoms with E-state index >= 15 is 0 Å². The standard InChI is InChI=1S/C18H26N4O2/c1-19(2)11-16(23)21-10-9-18(13-21)14-22(17(24)12-20(18)3)15-7-5-4-6-8-15/h4-8H,9-14H2,1-3H3. The highest BCUT2D eigenvalue weighted by Crippen LogP contribution is 2.33. The Morgan fingerprint density at radius 2 is 1.92 bits per heavy atom. The van der Waals surface area contributed by atoms with Gasteiger partial charge in [0, 0.05) is 25.3 Å². The molecule has 3 rings (SSSR count). The number of carbonyl (C=O) groups is 2. The molecule has 130 valence electrons. The molecule has 6 nitrogen and oxygen atoms in total. The van der Waals surface area contributed by atoms with Gasteiger partial charge in [0.15, 0.2) is 0 Å². The molecule has 2 aliphatic rings. The van der Waals surface area contributed by atoms with Crippen LogP contribution in [0.1, 0.15) is 6.42 Å². The minimum Gasteiger partial charge on any atom is -0.340 e. The van der Waals surface area contributed by atoms with E-state index in [0.29, 0.717) is 26.2 Å². The zero-order valence-electron chi connectivity index (χ0n) is 14.7. The third-order valence-electron chi connectivity index (χ3n) is 5.14. The van der Waals surface area contributed by atoms with E-state index in [0.717, 1.165) is 18.7 Å².